The Kier molecular flexibility index (Phi) is 8.51. The van der Waals surface area contributed by atoms with E-state index in [4.69, 9.17) is 14.7 Å². The molecule has 1 aromatic carbocycles. The molecular weight excluding hydrogens is 558 g/mol. The number of thioether (sulfide) groups is 1. The molecule has 4 aliphatic rings. The Labute approximate surface area is 249 Å². The van der Waals surface area contributed by atoms with Crippen molar-refractivity contribution >= 4 is 29.2 Å². The number of urea groups is 1. The van der Waals surface area contributed by atoms with Gasteiger partial charge in [0.15, 0.2) is 5.82 Å². The van der Waals surface area contributed by atoms with Crippen LogP contribution in [-0.4, -0.2) is 60.9 Å². The maximum atomic E-state index is 14.2. The number of allylic oxidation sites excluding steroid dienone is 4. The molecule has 3 fully saturated rings. The van der Waals surface area contributed by atoms with E-state index in [0.29, 0.717) is 42.9 Å². The summed E-state index contributed by atoms with van der Waals surface area (Å²) in [5, 5.41) is 9.41. The lowest BCUT2D eigenvalue weighted by Crippen LogP contribution is -2.44. The molecule has 0 radical (unpaired) electrons. The molecule has 11 heteroatoms. The summed E-state index contributed by atoms with van der Waals surface area (Å²) in [7, 11) is 0. The Morgan fingerprint density at radius 3 is 2.55 bits per heavy atom. The zero-order chi connectivity index (χ0) is 29.3. The standard InChI is InChI=1S/C31H38F2N6O2S/c1-19-13-24(36-30(40)35-23-3-4-23)5-6-26(19)29-37-27(17-28(38-29)39-11-12-41-18-20(39)2)31(7-9-34-10-8-31)42-25-15-21(32)14-22(33)16-25/h5-6,14-17,19-20,23,34H,3-4,7-13,18H2,1-2H3,(H2,35,36,40)/t19?,20-/m0/s1. The normalized spacial score (nSPS) is 24.0. The van der Waals surface area contributed by atoms with Crippen molar-refractivity contribution in [1.29, 1.82) is 0 Å². The number of carbonyl (C=O) groups is 1. The summed E-state index contributed by atoms with van der Waals surface area (Å²) in [5.41, 5.74) is 2.72. The van der Waals surface area contributed by atoms with Crippen molar-refractivity contribution in [3.8, 4) is 0 Å². The molecule has 8 nitrogen and oxygen atoms in total. The Balaban J connectivity index is 1.39. The lowest BCUT2D eigenvalue weighted by Gasteiger charge is -2.39. The van der Waals surface area contributed by atoms with Gasteiger partial charge in [-0.2, -0.15) is 0 Å². The number of aromatic nitrogens is 2. The number of benzene rings is 1. The first-order valence-electron chi connectivity index (χ1n) is 14.9. The average Bonchev–Trinajstić information content (AvgIpc) is 3.77. The van der Waals surface area contributed by atoms with Crippen molar-refractivity contribution < 1.29 is 18.3 Å². The van der Waals surface area contributed by atoms with E-state index in [9.17, 15) is 13.6 Å². The first-order chi connectivity index (χ1) is 20.3. The quantitative estimate of drug-likeness (QED) is 0.409. The Morgan fingerprint density at radius 2 is 1.86 bits per heavy atom. The van der Waals surface area contributed by atoms with Gasteiger partial charge >= 0.3 is 6.03 Å². The van der Waals surface area contributed by atoms with Crippen LogP contribution in [0.4, 0.5) is 19.4 Å². The van der Waals surface area contributed by atoms with Crippen molar-refractivity contribution in [2.75, 3.05) is 37.7 Å². The second kappa shape index (κ2) is 12.3. The van der Waals surface area contributed by atoms with E-state index in [1.165, 1.54) is 23.9 Å². The minimum absolute atomic E-state index is 0.0744. The number of amides is 2. The number of halogens is 2. The maximum Gasteiger partial charge on any atom is 0.319 e. The summed E-state index contributed by atoms with van der Waals surface area (Å²) in [6.07, 6.45) is 8.19. The molecule has 0 bridgehead atoms. The van der Waals surface area contributed by atoms with Crippen LogP contribution in [0, 0.1) is 17.6 Å². The molecule has 2 aromatic rings. The summed E-state index contributed by atoms with van der Waals surface area (Å²) >= 11 is 1.48. The molecule has 2 amide bonds. The second-order valence-corrected chi connectivity index (χ2v) is 13.3. The molecule has 2 atom stereocenters. The number of hydrogen-bond acceptors (Lipinski definition) is 7. The van der Waals surface area contributed by atoms with Crippen molar-refractivity contribution in [1.82, 2.24) is 25.9 Å². The number of carbonyl (C=O) groups excluding carboxylic acids is 1. The first kappa shape index (κ1) is 29.1. The Hall–Kier alpha value is -3.02. The lowest BCUT2D eigenvalue weighted by molar-refractivity contribution is 0.0985. The second-order valence-electron chi connectivity index (χ2n) is 11.8. The molecule has 1 saturated carbocycles. The molecule has 2 aliphatic heterocycles. The Morgan fingerprint density at radius 1 is 1.10 bits per heavy atom. The number of piperidine rings is 1. The van der Waals surface area contributed by atoms with Crippen LogP contribution < -0.4 is 20.9 Å². The highest BCUT2D eigenvalue weighted by Crippen LogP contribution is 2.48. The fraction of sp³-hybridized carbons (Fsp3) is 0.516. The van der Waals surface area contributed by atoms with Crippen molar-refractivity contribution in [2.24, 2.45) is 5.92 Å². The van der Waals surface area contributed by atoms with Crippen LogP contribution >= 0.6 is 11.8 Å². The number of rotatable bonds is 7. The molecule has 42 heavy (non-hydrogen) atoms. The monoisotopic (exact) mass is 596 g/mol. The molecule has 0 spiro atoms. The van der Waals surface area contributed by atoms with Gasteiger partial charge in [0.25, 0.3) is 0 Å². The number of ether oxygens (including phenoxy) is 1. The molecule has 1 aromatic heterocycles. The summed E-state index contributed by atoms with van der Waals surface area (Å²) in [6, 6.07) is 6.04. The zero-order valence-electron chi connectivity index (χ0n) is 24.1. The third kappa shape index (κ3) is 6.63. The smallest absolute Gasteiger partial charge is 0.319 e. The number of anilines is 1. The molecule has 2 aliphatic carbocycles. The minimum atomic E-state index is -0.587. The largest absolute Gasteiger partial charge is 0.377 e. The molecule has 2 saturated heterocycles. The van der Waals surface area contributed by atoms with Gasteiger partial charge in [-0.05, 0) is 76.2 Å². The van der Waals surface area contributed by atoms with E-state index < -0.39 is 16.4 Å². The van der Waals surface area contributed by atoms with E-state index in [-0.39, 0.29) is 18.0 Å². The minimum Gasteiger partial charge on any atom is -0.377 e. The highest BCUT2D eigenvalue weighted by Gasteiger charge is 2.39. The maximum absolute atomic E-state index is 14.2. The van der Waals surface area contributed by atoms with Crippen LogP contribution in [0.25, 0.3) is 5.57 Å². The van der Waals surface area contributed by atoms with Gasteiger partial charge in [0.05, 0.1) is 29.7 Å². The molecule has 6 rings (SSSR count). The number of nitrogens with one attached hydrogen (secondary N) is 3. The summed E-state index contributed by atoms with van der Waals surface area (Å²) < 4.78 is 33.7. The summed E-state index contributed by atoms with van der Waals surface area (Å²) in [6.45, 7) is 7.73. The predicted molar refractivity (Wildman–Crippen MR) is 160 cm³/mol. The fourth-order valence-corrected chi connectivity index (χ4v) is 7.32. The van der Waals surface area contributed by atoms with Gasteiger partial charge in [-0.15, -0.1) is 11.8 Å². The first-order valence-corrected chi connectivity index (χ1v) is 15.7. The predicted octanol–water partition coefficient (Wildman–Crippen LogP) is 5.12. The Bertz CT molecular complexity index is 1370. The highest BCUT2D eigenvalue weighted by atomic mass is 32.2. The van der Waals surface area contributed by atoms with E-state index in [1.807, 2.05) is 12.2 Å². The highest BCUT2D eigenvalue weighted by molar-refractivity contribution is 8.00. The number of morpholine rings is 1. The van der Waals surface area contributed by atoms with Crippen LogP contribution in [0.1, 0.15) is 57.5 Å². The fourth-order valence-electron chi connectivity index (χ4n) is 5.91. The van der Waals surface area contributed by atoms with Gasteiger partial charge in [-0.1, -0.05) is 13.0 Å². The molecular formula is C31H38F2N6O2S. The van der Waals surface area contributed by atoms with Crippen LogP contribution in [0.2, 0.25) is 0 Å². The number of nitrogens with zero attached hydrogens (tertiary/aromatic N) is 3. The molecule has 224 valence electrons. The lowest BCUT2D eigenvalue weighted by atomic mass is 9.89. The SMILES string of the molecule is CC1CC(NC(=O)NC2CC2)=CC=C1c1nc(N2CCOC[C@@H]2C)cc(C2(Sc3cc(F)cc(F)c3)CCNCC2)n1. The number of hydrogen-bond donors (Lipinski definition) is 3. The van der Waals surface area contributed by atoms with E-state index in [2.05, 4.69) is 40.8 Å². The van der Waals surface area contributed by atoms with Gasteiger partial charge < -0.3 is 25.6 Å². The molecule has 1 unspecified atom stereocenters. The average molecular weight is 597 g/mol. The third-order valence-electron chi connectivity index (χ3n) is 8.37. The van der Waals surface area contributed by atoms with Crippen LogP contribution in [0.15, 0.2) is 47.0 Å². The third-order valence-corrected chi connectivity index (χ3v) is 9.85. The van der Waals surface area contributed by atoms with Crippen LogP contribution in [-0.2, 0) is 9.48 Å². The zero-order valence-corrected chi connectivity index (χ0v) is 24.9. The van der Waals surface area contributed by atoms with Gasteiger partial charge in [-0.3, -0.25) is 0 Å². The van der Waals surface area contributed by atoms with Crippen molar-refractivity contribution in [3.05, 3.63) is 65.3 Å². The topological polar surface area (TPSA) is 91.4 Å². The molecule has 3 N–H and O–H groups in total. The van der Waals surface area contributed by atoms with Gasteiger partial charge in [0.1, 0.15) is 17.5 Å². The van der Waals surface area contributed by atoms with E-state index in [1.54, 1.807) is 0 Å². The van der Waals surface area contributed by atoms with E-state index >= 15 is 0 Å². The van der Waals surface area contributed by atoms with Gasteiger partial charge in [0, 0.05) is 40.9 Å². The van der Waals surface area contributed by atoms with Crippen LogP contribution in [0.3, 0.4) is 0 Å². The van der Waals surface area contributed by atoms with Gasteiger partial charge in [0.2, 0.25) is 0 Å². The van der Waals surface area contributed by atoms with E-state index in [0.717, 1.165) is 67.6 Å². The van der Waals surface area contributed by atoms with Crippen molar-refractivity contribution in [2.45, 2.75) is 67.7 Å². The molecule has 3 heterocycles. The van der Waals surface area contributed by atoms with Crippen LogP contribution in [0.5, 0.6) is 0 Å². The van der Waals surface area contributed by atoms with Gasteiger partial charge in [-0.25, -0.2) is 23.5 Å². The van der Waals surface area contributed by atoms with Crippen molar-refractivity contribution in [3.63, 3.8) is 0 Å². The summed E-state index contributed by atoms with van der Waals surface area (Å²) in [5.74, 6) is 0.382. The summed E-state index contributed by atoms with van der Waals surface area (Å²) in [4.78, 5) is 25.4.